The number of aromatic nitrogens is 6. The van der Waals surface area contributed by atoms with Gasteiger partial charge < -0.3 is 5.11 Å². The summed E-state index contributed by atoms with van der Waals surface area (Å²) in [5.74, 6) is -1.38. The van der Waals surface area contributed by atoms with Crippen molar-refractivity contribution < 1.29 is 14.3 Å². The summed E-state index contributed by atoms with van der Waals surface area (Å²) in [6.45, 7) is 2.16. The maximum absolute atomic E-state index is 14.4. The Bertz CT molecular complexity index is 1060. The molecule has 0 bridgehead atoms. The number of nitrogens with zero attached hydrogens (tertiary/aromatic N) is 5. The van der Waals surface area contributed by atoms with Crippen LogP contribution in [0.3, 0.4) is 0 Å². The van der Waals surface area contributed by atoms with Crippen LogP contribution in [0, 0.1) is 11.9 Å². The molecule has 1 aliphatic carbocycles. The molecule has 2 N–H and O–H groups in total. The molecule has 4 rings (SSSR count). The zero-order valence-corrected chi connectivity index (χ0v) is 14.7. The molecule has 0 spiro atoms. The molecule has 0 saturated heterocycles. The van der Waals surface area contributed by atoms with Crippen LogP contribution in [0.25, 0.3) is 17.0 Å². The lowest BCUT2D eigenvalue weighted by Crippen LogP contribution is -2.22. The summed E-state index contributed by atoms with van der Waals surface area (Å²) in [5, 5.41) is 16.8. The first-order valence-corrected chi connectivity index (χ1v) is 8.94. The monoisotopic (exact) mass is 374 g/mol. The highest BCUT2D eigenvalue weighted by Gasteiger charge is 2.27. The number of carboxylic acid groups (broad SMARTS) is 1. The van der Waals surface area contributed by atoms with Crippen LogP contribution in [0.15, 0.2) is 17.2 Å². The van der Waals surface area contributed by atoms with Crippen molar-refractivity contribution in [3.05, 3.63) is 34.3 Å². The number of H-pyrrole nitrogens is 1. The van der Waals surface area contributed by atoms with Gasteiger partial charge in [-0.25, -0.2) is 14.5 Å². The largest absolute Gasteiger partial charge is 0.478 e. The highest BCUT2D eigenvalue weighted by atomic mass is 19.1. The van der Waals surface area contributed by atoms with E-state index < -0.39 is 17.5 Å². The number of hydrogen-bond acceptors (Lipinski definition) is 5. The second kappa shape index (κ2) is 6.60. The molecule has 0 amide bonds. The molecule has 1 saturated carbocycles. The molecule has 0 unspecified atom stereocenters. The second-order valence-corrected chi connectivity index (χ2v) is 6.88. The van der Waals surface area contributed by atoms with Gasteiger partial charge in [0.05, 0.1) is 17.8 Å². The third-order valence-electron chi connectivity index (χ3n) is 5.29. The van der Waals surface area contributed by atoms with E-state index in [1.54, 1.807) is 0 Å². The van der Waals surface area contributed by atoms with Crippen molar-refractivity contribution in [3.8, 4) is 5.95 Å². The van der Waals surface area contributed by atoms with Gasteiger partial charge in [-0.2, -0.15) is 9.49 Å². The third kappa shape index (κ3) is 3.00. The number of carboxylic acids is 1. The number of carbonyl (C=O) groups is 1. The van der Waals surface area contributed by atoms with Crippen LogP contribution in [0.1, 0.15) is 55.4 Å². The van der Waals surface area contributed by atoms with E-state index in [-0.39, 0.29) is 28.6 Å². The molecular formula is C17H19FN6O3. The summed E-state index contributed by atoms with van der Waals surface area (Å²) in [5.41, 5.74) is -0.640. The molecule has 0 aromatic carbocycles. The molecule has 1 fully saturated rings. The molecule has 0 aliphatic heterocycles. The highest BCUT2D eigenvalue weighted by Crippen LogP contribution is 2.34. The first-order valence-electron chi connectivity index (χ1n) is 8.94. The van der Waals surface area contributed by atoms with Gasteiger partial charge in [0.25, 0.3) is 11.5 Å². The van der Waals surface area contributed by atoms with Crippen molar-refractivity contribution in [2.75, 3.05) is 0 Å². The zero-order valence-electron chi connectivity index (χ0n) is 14.7. The zero-order chi connectivity index (χ0) is 19.1. The van der Waals surface area contributed by atoms with Crippen molar-refractivity contribution in [3.63, 3.8) is 0 Å². The summed E-state index contributed by atoms with van der Waals surface area (Å²) in [6, 6.07) is -0.0307. The maximum atomic E-state index is 14.4. The summed E-state index contributed by atoms with van der Waals surface area (Å²) in [4.78, 5) is 30.3. The van der Waals surface area contributed by atoms with Gasteiger partial charge in [-0.1, -0.05) is 13.3 Å². The molecule has 1 aliphatic rings. The summed E-state index contributed by atoms with van der Waals surface area (Å²) >= 11 is 0. The number of fused-ring (bicyclic) bond motifs is 1. The Kier molecular flexibility index (Phi) is 4.25. The minimum Gasteiger partial charge on any atom is -0.478 e. The van der Waals surface area contributed by atoms with Crippen LogP contribution in [0.2, 0.25) is 0 Å². The molecule has 0 radical (unpaired) electrons. The summed E-state index contributed by atoms with van der Waals surface area (Å²) < 4.78 is 17.0. The van der Waals surface area contributed by atoms with Crippen LogP contribution >= 0.6 is 0 Å². The number of hydrogen-bond donors (Lipinski definition) is 2. The Morgan fingerprint density at radius 3 is 2.74 bits per heavy atom. The molecule has 3 heterocycles. The predicted octanol–water partition coefficient (Wildman–Crippen LogP) is 2.28. The lowest BCUT2D eigenvalue weighted by molar-refractivity contribution is 0.0697. The number of nitrogens with one attached hydrogen (secondary N) is 1. The fourth-order valence-corrected chi connectivity index (χ4v) is 3.72. The number of halogens is 1. The second-order valence-electron chi connectivity index (χ2n) is 6.88. The topological polar surface area (TPSA) is 119 Å². The summed E-state index contributed by atoms with van der Waals surface area (Å²) in [7, 11) is 0. The van der Waals surface area contributed by atoms with Gasteiger partial charge >= 0.3 is 5.97 Å². The smallest absolute Gasteiger partial charge is 0.338 e. The van der Waals surface area contributed by atoms with Gasteiger partial charge in [-0.05, 0) is 31.6 Å². The van der Waals surface area contributed by atoms with E-state index in [0.29, 0.717) is 5.92 Å². The Morgan fingerprint density at radius 2 is 2.11 bits per heavy atom. The van der Waals surface area contributed by atoms with Gasteiger partial charge in [0, 0.05) is 6.20 Å². The van der Waals surface area contributed by atoms with Crippen molar-refractivity contribution >= 4 is 17.0 Å². The van der Waals surface area contributed by atoms with E-state index in [4.69, 9.17) is 5.11 Å². The predicted molar refractivity (Wildman–Crippen MR) is 93.5 cm³/mol. The Balaban J connectivity index is 1.75. The van der Waals surface area contributed by atoms with Crippen LogP contribution in [0.5, 0.6) is 0 Å². The molecular weight excluding hydrogens is 355 g/mol. The Hall–Kier alpha value is -3.04. The SMILES string of the molecule is CCC1CCC(n2nc(F)c3nc(-n4cc(C(=O)O)cn4)[nH]c(=O)c32)CC1. The minimum atomic E-state index is -1.16. The van der Waals surface area contributed by atoms with Gasteiger partial charge in [0.15, 0.2) is 11.0 Å². The van der Waals surface area contributed by atoms with Crippen LogP contribution in [-0.4, -0.2) is 40.6 Å². The van der Waals surface area contributed by atoms with Crippen LogP contribution < -0.4 is 5.56 Å². The van der Waals surface area contributed by atoms with E-state index in [0.717, 1.165) is 43.0 Å². The van der Waals surface area contributed by atoms with Crippen molar-refractivity contribution in [1.29, 1.82) is 0 Å². The molecule has 10 heteroatoms. The van der Waals surface area contributed by atoms with Crippen LogP contribution in [0.4, 0.5) is 4.39 Å². The molecule has 3 aromatic heterocycles. The normalized spacial score (nSPS) is 20.2. The number of aromatic amines is 1. The standard InChI is InChI=1S/C17H19FN6O3/c1-2-9-3-5-11(6-4-9)24-13-12(14(18)22-24)20-17(21-15(13)25)23-8-10(7-19-23)16(26)27/h7-9,11H,2-6H2,1H3,(H,26,27)(H,20,21,25). The molecule has 3 aromatic rings. The van der Waals surface area contributed by atoms with Crippen molar-refractivity contribution in [1.82, 2.24) is 29.5 Å². The quantitative estimate of drug-likeness (QED) is 0.723. The lowest BCUT2D eigenvalue weighted by atomic mass is 9.84. The minimum absolute atomic E-state index is 0.0307. The molecule has 0 atom stereocenters. The van der Waals surface area contributed by atoms with Gasteiger partial charge in [-0.3, -0.25) is 14.5 Å². The first-order chi connectivity index (χ1) is 13.0. The van der Waals surface area contributed by atoms with Gasteiger partial charge in [0.2, 0.25) is 5.95 Å². The third-order valence-corrected chi connectivity index (χ3v) is 5.29. The van der Waals surface area contributed by atoms with E-state index in [2.05, 4.69) is 27.1 Å². The highest BCUT2D eigenvalue weighted by molar-refractivity contribution is 5.87. The fourth-order valence-electron chi connectivity index (χ4n) is 3.72. The molecule has 142 valence electrons. The van der Waals surface area contributed by atoms with E-state index >= 15 is 0 Å². The lowest BCUT2D eigenvalue weighted by Gasteiger charge is -2.28. The van der Waals surface area contributed by atoms with Gasteiger partial charge in [-0.15, -0.1) is 5.10 Å². The molecule has 27 heavy (non-hydrogen) atoms. The molecule has 9 nitrogen and oxygen atoms in total. The van der Waals surface area contributed by atoms with Gasteiger partial charge in [0.1, 0.15) is 0 Å². The summed E-state index contributed by atoms with van der Waals surface area (Å²) in [6.07, 6.45) is 7.18. The maximum Gasteiger partial charge on any atom is 0.338 e. The van der Waals surface area contributed by atoms with Crippen molar-refractivity contribution in [2.24, 2.45) is 5.92 Å². The van der Waals surface area contributed by atoms with Crippen LogP contribution in [-0.2, 0) is 0 Å². The average Bonchev–Trinajstić information content (AvgIpc) is 3.28. The van der Waals surface area contributed by atoms with E-state index in [1.165, 1.54) is 10.9 Å². The Labute approximate surface area is 152 Å². The average molecular weight is 374 g/mol. The number of rotatable bonds is 4. The first kappa shape index (κ1) is 17.4. The Morgan fingerprint density at radius 1 is 1.37 bits per heavy atom. The van der Waals surface area contributed by atoms with E-state index in [1.807, 2.05) is 0 Å². The fraction of sp³-hybridized carbons (Fsp3) is 0.471. The number of aromatic carboxylic acids is 1. The van der Waals surface area contributed by atoms with Crippen molar-refractivity contribution in [2.45, 2.75) is 45.1 Å². The van der Waals surface area contributed by atoms with E-state index in [9.17, 15) is 14.0 Å².